The minimum absolute atomic E-state index is 0.0998. The van der Waals surface area contributed by atoms with Crippen LogP contribution >= 0.6 is 15.9 Å². The molecule has 0 amide bonds. The van der Waals surface area contributed by atoms with Crippen LogP contribution in [0.4, 0.5) is 11.4 Å². The van der Waals surface area contributed by atoms with Crippen molar-refractivity contribution >= 4 is 27.3 Å². The molecule has 0 bridgehead atoms. The van der Waals surface area contributed by atoms with Crippen LogP contribution in [0.25, 0.3) is 0 Å². The molecule has 0 radical (unpaired) electrons. The SMILES string of the molecule is CCCCCCCC(C)Nc1ccc([N+](=O)[O-])c(Br)c1. The third kappa shape index (κ3) is 5.90. The van der Waals surface area contributed by atoms with Crippen molar-refractivity contribution in [3.05, 3.63) is 32.8 Å². The van der Waals surface area contributed by atoms with Gasteiger partial charge in [0.15, 0.2) is 0 Å². The van der Waals surface area contributed by atoms with Gasteiger partial charge in [-0.3, -0.25) is 10.1 Å². The number of nitro benzene ring substituents is 1. The van der Waals surface area contributed by atoms with E-state index in [9.17, 15) is 10.1 Å². The molecule has 5 heteroatoms. The number of anilines is 1. The van der Waals surface area contributed by atoms with E-state index in [0.29, 0.717) is 10.5 Å². The zero-order valence-electron chi connectivity index (χ0n) is 12.2. The second-order valence-corrected chi connectivity index (χ2v) is 6.03. The molecule has 1 unspecified atom stereocenters. The second-order valence-electron chi connectivity index (χ2n) is 5.17. The Morgan fingerprint density at radius 1 is 1.30 bits per heavy atom. The van der Waals surface area contributed by atoms with Crippen LogP contribution in [0.5, 0.6) is 0 Å². The van der Waals surface area contributed by atoms with Crippen molar-refractivity contribution in [2.75, 3.05) is 5.32 Å². The molecule has 0 heterocycles. The number of rotatable bonds is 9. The number of hydrogen-bond acceptors (Lipinski definition) is 3. The first-order valence-corrected chi connectivity index (χ1v) is 8.04. The summed E-state index contributed by atoms with van der Waals surface area (Å²) in [6.45, 7) is 4.37. The minimum Gasteiger partial charge on any atom is -0.383 e. The Morgan fingerprint density at radius 2 is 2.00 bits per heavy atom. The molecule has 0 saturated heterocycles. The summed E-state index contributed by atoms with van der Waals surface area (Å²) in [5.41, 5.74) is 1.02. The lowest BCUT2D eigenvalue weighted by Gasteiger charge is -2.15. The molecular weight excluding hydrogens is 320 g/mol. The third-order valence-corrected chi connectivity index (χ3v) is 3.93. The fourth-order valence-corrected chi connectivity index (χ4v) is 2.68. The predicted octanol–water partition coefficient (Wildman–Crippen LogP) is 5.52. The molecule has 1 aromatic rings. The van der Waals surface area contributed by atoms with Gasteiger partial charge in [0.1, 0.15) is 0 Å². The summed E-state index contributed by atoms with van der Waals surface area (Å²) < 4.78 is 0.516. The molecule has 112 valence electrons. The lowest BCUT2D eigenvalue weighted by Crippen LogP contribution is -2.14. The largest absolute Gasteiger partial charge is 0.383 e. The Labute approximate surface area is 129 Å². The summed E-state index contributed by atoms with van der Waals surface area (Å²) in [7, 11) is 0. The van der Waals surface area contributed by atoms with Crippen molar-refractivity contribution in [3.8, 4) is 0 Å². The highest BCUT2D eigenvalue weighted by Crippen LogP contribution is 2.28. The van der Waals surface area contributed by atoms with Gasteiger partial charge in [0, 0.05) is 17.8 Å². The highest BCUT2D eigenvalue weighted by molar-refractivity contribution is 9.10. The first-order valence-electron chi connectivity index (χ1n) is 7.25. The lowest BCUT2D eigenvalue weighted by atomic mass is 10.1. The van der Waals surface area contributed by atoms with Crippen molar-refractivity contribution in [3.63, 3.8) is 0 Å². The van der Waals surface area contributed by atoms with Gasteiger partial charge in [-0.15, -0.1) is 0 Å². The first kappa shape index (κ1) is 17.0. The van der Waals surface area contributed by atoms with E-state index in [-0.39, 0.29) is 10.6 Å². The second kappa shape index (κ2) is 8.95. The van der Waals surface area contributed by atoms with Gasteiger partial charge < -0.3 is 5.32 Å². The molecule has 1 aromatic carbocycles. The van der Waals surface area contributed by atoms with E-state index in [1.165, 1.54) is 38.2 Å². The van der Waals surface area contributed by atoms with E-state index in [1.807, 2.05) is 0 Å². The maximum atomic E-state index is 10.7. The zero-order chi connectivity index (χ0) is 15.0. The molecular formula is C15H23BrN2O2. The van der Waals surface area contributed by atoms with Gasteiger partial charge in [-0.05, 0) is 41.4 Å². The van der Waals surface area contributed by atoms with E-state index < -0.39 is 0 Å². The van der Waals surface area contributed by atoms with Crippen molar-refractivity contribution in [1.29, 1.82) is 0 Å². The number of nitrogens with one attached hydrogen (secondary N) is 1. The van der Waals surface area contributed by atoms with Crippen LogP contribution in [-0.2, 0) is 0 Å². The first-order chi connectivity index (χ1) is 9.54. The summed E-state index contributed by atoms with van der Waals surface area (Å²) in [5.74, 6) is 0. The van der Waals surface area contributed by atoms with Crippen molar-refractivity contribution < 1.29 is 4.92 Å². The van der Waals surface area contributed by atoms with Gasteiger partial charge in [-0.25, -0.2) is 0 Å². The molecule has 0 aliphatic heterocycles. The summed E-state index contributed by atoms with van der Waals surface area (Å²) >= 11 is 3.24. The molecule has 1 rings (SSSR count). The van der Waals surface area contributed by atoms with E-state index in [1.54, 1.807) is 12.1 Å². The minimum atomic E-state index is -0.384. The fraction of sp³-hybridized carbons (Fsp3) is 0.600. The number of unbranched alkanes of at least 4 members (excludes halogenated alkanes) is 4. The van der Waals surface area contributed by atoms with Gasteiger partial charge in [0.25, 0.3) is 5.69 Å². The molecule has 4 nitrogen and oxygen atoms in total. The number of nitrogens with zero attached hydrogens (tertiary/aromatic N) is 1. The number of benzene rings is 1. The molecule has 0 saturated carbocycles. The summed E-state index contributed by atoms with van der Waals surface area (Å²) in [5, 5.41) is 14.1. The molecule has 1 atom stereocenters. The molecule has 0 aromatic heterocycles. The molecule has 20 heavy (non-hydrogen) atoms. The van der Waals surface area contributed by atoms with E-state index in [2.05, 4.69) is 35.1 Å². The van der Waals surface area contributed by atoms with Crippen molar-refractivity contribution in [2.45, 2.75) is 58.4 Å². The Morgan fingerprint density at radius 3 is 2.60 bits per heavy atom. The average Bonchev–Trinajstić information content (AvgIpc) is 2.38. The molecule has 0 aliphatic carbocycles. The van der Waals surface area contributed by atoms with E-state index in [4.69, 9.17) is 0 Å². The van der Waals surface area contributed by atoms with Crippen molar-refractivity contribution in [1.82, 2.24) is 0 Å². The van der Waals surface area contributed by atoms with Crippen LogP contribution < -0.4 is 5.32 Å². The Kier molecular flexibility index (Phi) is 7.59. The van der Waals surface area contributed by atoms with E-state index >= 15 is 0 Å². The van der Waals surface area contributed by atoms with Gasteiger partial charge in [0.05, 0.1) is 9.40 Å². The van der Waals surface area contributed by atoms with Crippen LogP contribution in [0.3, 0.4) is 0 Å². The van der Waals surface area contributed by atoms with Gasteiger partial charge in [0.2, 0.25) is 0 Å². The maximum Gasteiger partial charge on any atom is 0.283 e. The normalized spacial score (nSPS) is 12.2. The predicted molar refractivity (Wildman–Crippen MR) is 87.3 cm³/mol. The fourth-order valence-electron chi connectivity index (χ4n) is 2.16. The van der Waals surface area contributed by atoms with Crippen LogP contribution in [-0.4, -0.2) is 11.0 Å². The molecule has 1 N–H and O–H groups in total. The number of hydrogen-bond donors (Lipinski definition) is 1. The quantitative estimate of drug-likeness (QED) is 0.365. The highest BCUT2D eigenvalue weighted by atomic mass is 79.9. The van der Waals surface area contributed by atoms with Crippen LogP contribution in [0, 0.1) is 10.1 Å². The zero-order valence-corrected chi connectivity index (χ0v) is 13.8. The summed E-state index contributed by atoms with van der Waals surface area (Å²) in [6.07, 6.45) is 7.53. The monoisotopic (exact) mass is 342 g/mol. The Balaban J connectivity index is 2.40. The number of nitro groups is 1. The highest BCUT2D eigenvalue weighted by Gasteiger charge is 2.12. The van der Waals surface area contributed by atoms with Gasteiger partial charge in [-0.1, -0.05) is 39.0 Å². The maximum absolute atomic E-state index is 10.7. The molecule has 0 aliphatic rings. The Hall–Kier alpha value is -1.10. The molecule has 0 fully saturated rings. The Bertz CT molecular complexity index is 438. The molecule has 0 spiro atoms. The lowest BCUT2D eigenvalue weighted by molar-refractivity contribution is -0.385. The standard InChI is InChI=1S/C15H23BrN2O2/c1-3-4-5-6-7-8-12(2)17-13-9-10-15(18(19)20)14(16)11-13/h9-12,17H,3-8H2,1-2H3. The van der Waals surface area contributed by atoms with Gasteiger partial charge in [-0.2, -0.15) is 0 Å². The smallest absolute Gasteiger partial charge is 0.283 e. The van der Waals surface area contributed by atoms with Crippen molar-refractivity contribution in [2.24, 2.45) is 0 Å². The van der Waals surface area contributed by atoms with Crippen LogP contribution in [0.1, 0.15) is 52.4 Å². The number of halogens is 1. The topological polar surface area (TPSA) is 55.2 Å². The average molecular weight is 343 g/mol. The van der Waals surface area contributed by atoms with Gasteiger partial charge >= 0.3 is 0 Å². The third-order valence-electron chi connectivity index (χ3n) is 3.30. The summed E-state index contributed by atoms with van der Waals surface area (Å²) in [6, 6.07) is 5.44. The summed E-state index contributed by atoms with van der Waals surface area (Å²) in [4.78, 5) is 10.4. The van der Waals surface area contributed by atoms with Crippen LogP contribution in [0.15, 0.2) is 22.7 Å². The van der Waals surface area contributed by atoms with Crippen LogP contribution in [0.2, 0.25) is 0 Å². The van der Waals surface area contributed by atoms with E-state index in [0.717, 1.165) is 12.1 Å².